The maximum absolute atomic E-state index is 12.5. The van der Waals surface area contributed by atoms with Crippen LogP contribution >= 0.6 is 11.3 Å². The molecule has 2 aromatic rings. The third-order valence-electron chi connectivity index (χ3n) is 4.44. The Kier molecular flexibility index (Phi) is 8.91. The zero-order valence-electron chi connectivity index (χ0n) is 17.5. The van der Waals surface area contributed by atoms with Crippen molar-refractivity contribution in [3.05, 3.63) is 45.0 Å². The second kappa shape index (κ2) is 11.4. The zero-order valence-corrected chi connectivity index (χ0v) is 18.3. The Morgan fingerprint density at radius 1 is 1.23 bits per heavy atom. The van der Waals surface area contributed by atoms with Crippen LogP contribution in [-0.2, 0) is 4.79 Å². The second-order valence-electron chi connectivity index (χ2n) is 7.25. The Morgan fingerprint density at radius 2 is 1.97 bits per heavy atom. The number of amides is 1. The van der Waals surface area contributed by atoms with E-state index < -0.39 is 16.8 Å². The number of thiazole rings is 1. The van der Waals surface area contributed by atoms with E-state index in [1.807, 2.05) is 13.8 Å². The number of aromatic nitrogens is 1. The largest absolute Gasteiger partial charge is 0.419 e. The van der Waals surface area contributed by atoms with Crippen LogP contribution in [0.5, 0.6) is 5.75 Å². The molecule has 0 bridgehead atoms. The number of hydrogen-bond donors (Lipinski definition) is 1. The van der Waals surface area contributed by atoms with E-state index >= 15 is 0 Å². The molecule has 0 atom stereocenters. The number of unbranched alkanes of at least 4 members (excludes halogenated alkanes) is 4. The van der Waals surface area contributed by atoms with Crippen molar-refractivity contribution in [1.82, 2.24) is 4.98 Å². The molecule has 0 saturated heterocycles. The van der Waals surface area contributed by atoms with E-state index in [0.717, 1.165) is 30.6 Å². The molecule has 1 amide bonds. The first-order valence-electron chi connectivity index (χ1n) is 10.1. The van der Waals surface area contributed by atoms with Gasteiger partial charge in [0.15, 0.2) is 5.13 Å². The monoisotopic (exact) mass is 433 g/mol. The van der Waals surface area contributed by atoms with Crippen LogP contribution in [0.3, 0.4) is 0 Å². The van der Waals surface area contributed by atoms with Gasteiger partial charge in [0.2, 0.25) is 5.75 Å². The molecule has 1 heterocycles. The fourth-order valence-corrected chi connectivity index (χ4v) is 3.53. The highest BCUT2D eigenvalue weighted by molar-refractivity contribution is 7.15. The molecule has 0 aliphatic heterocycles. The van der Waals surface area contributed by atoms with Gasteiger partial charge in [0, 0.05) is 35.2 Å². The number of rotatable bonds is 11. The van der Waals surface area contributed by atoms with Crippen LogP contribution in [0.4, 0.5) is 10.8 Å². The Hall–Kier alpha value is -2.81. The summed E-state index contributed by atoms with van der Waals surface area (Å²) in [6.45, 7) is 6.16. The lowest BCUT2D eigenvalue weighted by atomic mass is 10.1. The molecule has 1 N–H and O–H groups in total. The maximum atomic E-state index is 12.5. The molecule has 1 aromatic carbocycles. The first-order valence-corrected chi connectivity index (χ1v) is 10.9. The Balaban J connectivity index is 2.07. The number of hydrogen-bond acceptors (Lipinski definition) is 7. The highest BCUT2D eigenvalue weighted by atomic mass is 32.1. The fraction of sp³-hybridized carbons (Fsp3) is 0.476. The second-order valence-corrected chi connectivity index (χ2v) is 8.32. The smallest absolute Gasteiger partial charge is 0.311 e. The molecule has 0 aliphatic rings. The summed E-state index contributed by atoms with van der Waals surface area (Å²) in [5, 5.41) is 14.4. The standard InChI is InChI=1S/C21H27N3O5S/c1-4-5-6-7-8-9-19(25)29-17-12-15(10-11-16(17)24(27)28)20(26)23-21-22-13-18(30-21)14(2)3/h10-14H,4-9H2,1-3H3,(H,22,23,26). The number of nitrogens with one attached hydrogen (secondary N) is 1. The van der Waals surface area contributed by atoms with E-state index in [0.29, 0.717) is 17.5 Å². The Labute approximate surface area is 179 Å². The summed E-state index contributed by atoms with van der Waals surface area (Å²) in [5.74, 6) is -0.964. The molecule has 0 saturated carbocycles. The van der Waals surface area contributed by atoms with Crippen LogP contribution in [-0.4, -0.2) is 21.8 Å². The number of anilines is 1. The molecular formula is C21H27N3O5S. The van der Waals surface area contributed by atoms with Crippen LogP contribution < -0.4 is 10.1 Å². The molecule has 9 heteroatoms. The van der Waals surface area contributed by atoms with Crippen molar-refractivity contribution in [1.29, 1.82) is 0 Å². The molecule has 0 radical (unpaired) electrons. The number of carbonyl (C=O) groups excluding carboxylic acids is 2. The van der Waals surface area contributed by atoms with Gasteiger partial charge in [-0.25, -0.2) is 4.98 Å². The van der Waals surface area contributed by atoms with E-state index in [4.69, 9.17) is 4.74 Å². The topological polar surface area (TPSA) is 111 Å². The molecule has 0 spiro atoms. The molecule has 8 nitrogen and oxygen atoms in total. The molecule has 0 unspecified atom stereocenters. The van der Waals surface area contributed by atoms with Crippen LogP contribution in [0.2, 0.25) is 0 Å². The minimum absolute atomic E-state index is 0.146. The van der Waals surface area contributed by atoms with Crippen LogP contribution in [0.25, 0.3) is 0 Å². The molecule has 162 valence electrons. The summed E-state index contributed by atoms with van der Waals surface area (Å²) < 4.78 is 5.22. The lowest BCUT2D eigenvalue weighted by Crippen LogP contribution is -2.13. The van der Waals surface area contributed by atoms with Gasteiger partial charge in [0.05, 0.1) is 4.92 Å². The number of nitro groups is 1. The minimum atomic E-state index is -0.638. The van der Waals surface area contributed by atoms with Crippen molar-refractivity contribution >= 4 is 34.0 Å². The molecule has 1 aromatic heterocycles. The molecule has 0 aliphatic carbocycles. The summed E-state index contributed by atoms with van der Waals surface area (Å²) >= 11 is 1.36. The van der Waals surface area contributed by atoms with Crippen molar-refractivity contribution < 1.29 is 19.2 Å². The number of ether oxygens (including phenoxy) is 1. The quantitative estimate of drug-likeness (QED) is 0.160. The fourth-order valence-electron chi connectivity index (χ4n) is 2.72. The summed E-state index contributed by atoms with van der Waals surface area (Å²) in [6, 6.07) is 3.71. The molecule has 2 rings (SSSR count). The number of nitrogens with zero attached hydrogens (tertiary/aromatic N) is 2. The molecule has 30 heavy (non-hydrogen) atoms. The average molecular weight is 434 g/mol. The van der Waals surface area contributed by atoms with Crippen molar-refractivity contribution in [2.45, 2.75) is 65.2 Å². The summed E-state index contributed by atoms with van der Waals surface area (Å²) in [7, 11) is 0. The van der Waals surface area contributed by atoms with E-state index in [1.54, 1.807) is 6.20 Å². The van der Waals surface area contributed by atoms with Gasteiger partial charge in [-0.2, -0.15) is 0 Å². The van der Waals surface area contributed by atoms with Gasteiger partial charge < -0.3 is 4.74 Å². The van der Waals surface area contributed by atoms with Gasteiger partial charge in [-0.1, -0.05) is 46.5 Å². The van der Waals surface area contributed by atoms with E-state index in [1.165, 1.54) is 29.5 Å². The van der Waals surface area contributed by atoms with E-state index in [2.05, 4.69) is 17.2 Å². The third kappa shape index (κ3) is 6.91. The van der Waals surface area contributed by atoms with Gasteiger partial charge in [0.1, 0.15) is 0 Å². The summed E-state index contributed by atoms with van der Waals surface area (Å²) in [4.78, 5) is 40.5. The summed E-state index contributed by atoms with van der Waals surface area (Å²) in [6.07, 6.45) is 6.69. The van der Waals surface area contributed by atoms with Crippen LogP contribution in [0, 0.1) is 10.1 Å². The SMILES string of the molecule is CCCCCCCC(=O)Oc1cc(C(=O)Nc2ncc(C(C)C)s2)ccc1[N+](=O)[O-]. The predicted molar refractivity (Wildman–Crippen MR) is 116 cm³/mol. The highest BCUT2D eigenvalue weighted by Crippen LogP contribution is 2.30. The number of carbonyl (C=O) groups is 2. The summed E-state index contributed by atoms with van der Waals surface area (Å²) in [5.41, 5.74) is -0.213. The zero-order chi connectivity index (χ0) is 22.1. The van der Waals surface area contributed by atoms with Crippen LogP contribution in [0.1, 0.15) is 80.4 Å². The maximum Gasteiger partial charge on any atom is 0.311 e. The Bertz CT molecular complexity index is 895. The normalized spacial score (nSPS) is 10.8. The molecular weight excluding hydrogens is 406 g/mol. The van der Waals surface area contributed by atoms with Crippen molar-refractivity contribution in [3.8, 4) is 5.75 Å². The van der Waals surface area contributed by atoms with Gasteiger partial charge in [0.25, 0.3) is 5.91 Å². The lowest BCUT2D eigenvalue weighted by Gasteiger charge is -2.08. The molecule has 0 fully saturated rings. The van der Waals surface area contributed by atoms with Crippen LogP contribution in [0.15, 0.2) is 24.4 Å². The van der Waals surface area contributed by atoms with Crippen molar-refractivity contribution in [2.24, 2.45) is 0 Å². The van der Waals surface area contributed by atoms with Crippen molar-refractivity contribution in [3.63, 3.8) is 0 Å². The van der Waals surface area contributed by atoms with E-state index in [-0.39, 0.29) is 23.4 Å². The number of esters is 1. The Morgan fingerprint density at radius 3 is 2.60 bits per heavy atom. The van der Waals surface area contributed by atoms with E-state index in [9.17, 15) is 19.7 Å². The minimum Gasteiger partial charge on any atom is -0.419 e. The highest BCUT2D eigenvalue weighted by Gasteiger charge is 2.21. The first kappa shape index (κ1) is 23.5. The van der Waals surface area contributed by atoms with Crippen molar-refractivity contribution in [2.75, 3.05) is 5.32 Å². The number of benzene rings is 1. The third-order valence-corrected chi connectivity index (χ3v) is 5.65. The first-order chi connectivity index (χ1) is 14.3. The number of nitro benzene ring substituents is 1. The van der Waals surface area contributed by atoms with Gasteiger partial charge in [-0.05, 0) is 18.4 Å². The van der Waals surface area contributed by atoms with Gasteiger partial charge in [-0.3, -0.25) is 25.0 Å². The van der Waals surface area contributed by atoms with Gasteiger partial charge >= 0.3 is 11.7 Å². The average Bonchev–Trinajstić information content (AvgIpc) is 3.16. The van der Waals surface area contributed by atoms with Gasteiger partial charge in [-0.15, -0.1) is 11.3 Å². The predicted octanol–water partition coefficient (Wildman–Crippen LogP) is 5.69. The lowest BCUT2D eigenvalue weighted by molar-refractivity contribution is -0.385.